The lowest BCUT2D eigenvalue weighted by Crippen LogP contribution is -1.96. The van der Waals surface area contributed by atoms with Crippen LogP contribution in [-0.2, 0) is 0 Å². The highest BCUT2D eigenvalue weighted by Gasteiger charge is 2.06. The smallest absolute Gasteiger partial charge is 0.272 e. The first-order valence-corrected chi connectivity index (χ1v) is 4.43. The van der Waals surface area contributed by atoms with Gasteiger partial charge in [0.25, 0.3) is 5.78 Å². The predicted molar refractivity (Wildman–Crippen MR) is 52.5 cm³/mol. The second-order valence-corrected chi connectivity index (χ2v) is 3.24. The maximum absolute atomic E-state index is 9.39. The number of hydrogen-bond acceptors (Lipinski definition) is 5. The van der Waals surface area contributed by atoms with Gasteiger partial charge in [-0.2, -0.15) is 9.50 Å². The molecule has 74 valence electrons. The molecule has 15 heavy (non-hydrogen) atoms. The Morgan fingerprint density at radius 3 is 3.00 bits per heavy atom. The average molecular weight is 201 g/mol. The molecular weight excluding hydrogens is 194 g/mol. The molecule has 2 heterocycles. The minimum Gasteiger partial charge on any atom is -0.508 e. The minimum atomic E-state index is 0.171. The largest absolute Gasteiger partial charge is 0.508 e. The highest BCUT2D eigenvalue weighted by atomic mass is 16.3. The summed E-state index contributed by atoms with van der Waals surface area (Å²) in [4.78, 5) is 4.09. The van der Waals surface area contributed by atoms with E-state index in [0.29, 0.717) is 22.6 Å². The van der Waals surface area contributed by atoms with Crippen LogP contribution in [0.1, 0.15) is 5.82 Å². The van der Waals surface area contributed by atoms with E-state index in [1.54, 1.807) is 29.6 Å². The van der Waals surface area contributed by atoms with E-state index in [0.717, 1.165) is 0 Å². The van der Waals surface area contributed by atoms with Crippen molar-refractivity contribution in [2.75, 3.05) is 0 Å². The quantitative estimate of drug-likeness (QED) is 0.579. The summed E-state index contributed by atoms with van der Waals surface area (Å²) >= 11 is 0. The highest BCUT2D eigenvalue weighted by molar-refractivity contribution is 5.77. The van der Waals surface area contributed by atoms with Crippen LogP contribution in [-0.4, -0.2) is 29.9 Å². The summed E-state index contributed by atoms with van der Waals surface area (Å²) in [6, 6.07) is 4.84. The van der Waals surface area contributed by atoms with Gasteiger partial charge in [-0.15, -0.1) is 15.3 Å². The molecule has 0 bridgehead atoms. The fourth-order valence-corrected chi connectivity index (χ4v) is 1.49. The molecule has 0 aliphatic carbocycles. The molecule has 0 spiro atoms. The van der Waals surface area contributed by atoms with Crippen molar-refractivity contribution in [1.82, 2.24) is 24.8 Å². The molecule has 0 atom stereocenters. The molecule has 0 saturated heterocycles. The summed E-state index contributed by atoms with van der Waals surface area (Å²) < 4.78 is 1.57. The predicted octanol–water partition coefficient (Wildman–Crippen LogP) is 0.687. The van der Waals surface area contributed by atoms with Crippen molar-refractivity contribution in [3.05, 3.63) is 24.0 Å². The first-order valence-electron chi connectivity index (χ1n) is 4.43. The molecule has 0 fully saturated rings. The van der Waals surface area contributed by atoms with Crippen LogP contribution < -0.4 is 0 Å². The molecule has 6 nitrogen and oxygen atoms in total. The molecule has 0 unspecified atom stereocenters. The van der Waals surface area contributed by atoms with Crippen molar-refractivity contribution in [2.45, 2.75) is 6.92 Å². The fraction of sp³-hybridized carbons (Fsp3) is 0.111. The first-order chi connectivity index (χ1) is 7.24. The number of rotatable bonds is 0. The normalized spacial score (nSPS) is 11.3. The van der Waals surface area contributed by atoms with Crippen LogP contribution in [0.3, 0.4) is 0 Å². The molecule has 3 rings (SSSR count). The summed E-state index contributed by atoms with van der Waals surface area (Å²) in [5.74, 6) is 1.23. The number of fused-ring (bicyclic) bond motifs is 3. The molecule has 3 aromatic rings. The lowest BCUT2D eigenvalue weighted by molar-refractivity contribution is 0.476. The summed E-state index contributed by atoms with van der Waals surface area (Å²) in [5.41, 5.74) is 1.37. The van der Waals surface area contributed by atoms with E-state index in [1.165, 1.54) is 0 Å². The van der Waals surface area contributed by atoms with Gasteiger partial charge in [0.2, 0.25) is 0 Å². The lowest BCUT2D eigenvalue weighted by atomic mass is 10.3. The standard InChI is InChI=1S/C9H7N5O/c1-5-10-9-12-11-7-3-2-6(15)4-8(7)14(9)13-5/h2-4,15H,1H3. The Bertz CT molecular complexity index is 660. The topological polar surface area (TPSA) is 76.2 Å². The van der Waals surface area contributed by atoms with Crippen LogP contribution in [0.4, 0.5) is 0 Å². The van der Waals surface area contributed by atoms with Gasteiger partial charge in [0.15, 0.2) is 0 Å². The second kappa shape index (κ2) is 2.63. The summed E-state index contributed by atoms with van der Waals surface area (Å²) in [6.07, 6.45) is 0. The maximum atomic E-state index is 9.39. The van der Waals surface area contributed by atoms with Gasteiger partial charge in [0, 0.05) is 6.07 Å². The maximum Gasteiger partial charge on any atom is 0.272 e. The summed E-state index contributed by atoms with van der Waals surface area (Å²) in [5, 5.41) is 21.5. The van der Waals surface area contributed by atoms with E-state index in [4.69, 9.17) is 0 Å². The molecule has 0 radical (unpaired) electrons. The summed E-state index contributed by atoms with van der Waals surface area (Å²) in [7, 11) is 0. The van der Waals surface area contributed by atoms with Crippen molar-refractivity contribution in [3.8, 4) is 5.75 Å². The molecule has 0 saturated carbocycles. The van der Waals surface area contributed by atoms with Crippen molar-refractivity contribution in [2.24, 2.45) is 0 Å². The van der Waals surface area contributed by atoms with Crippen LogP contribution in [0, 0.1) is 6.92 Å². The second-order valence-electron chi connectivity index (χ2n) is 3.24. The Labute approximate surface area is 84.2 Å². The van der Waals surface area contributed by atoms with Crippen molar-refractivity contribution in [3.63, 3.8) is 0 Å². The molecule has 0 aliphatic heterocycles. The molecular formula is C9H7N5O. The molecule has 0 amide bonds. The van der Waals surface area contributed by atoms with E-state index in [2.05, 4.69) is 20.3 Å². The number of nitrogens with zero attached hydrogens (tertiary/aromatic N) is 5. The molecule has 1 aromatic carbocycles. The van der Waals surface area contributed by atoms with E-state index in [1.807, 2.05) is 0 Å². The van der Waals surface area contributed by atoms with Gasteiger partial charge in [-0.3, -0.25) is 0 Å². The van der Waals surface area contributed by atoms with Gasteiger partial charge in [-0.05, 0) is 19.1 Å². The number of aromatic nitrogens is 5. The third-order valence-electron chi connectivity index (χ3n) is 2.13. The Morgan fingerprint density at radius 1 is 1.27 bits per heavy atom. The molecule has 1 N–H and O–H groups in total. The number of hydrogen-bond donors (Lipinski definition) is 1. The van der Waals surface area contributed by atoms with Crippen LogP contribution in [0.15, 0.2) is 18.2 Å². The van der Waals surface area contributed by atoms with E-state index >= 15 is 0 Å². The Kier molecular flexibility index (Phi) is 1.42. The summed E-state index contributed by atoms with van der Waals surface area (Å²) in [6.45, 7) is 1.78. The Balaban J connectivity index is 2.56. The van der Waals surface area contributed by atoms with Gasteiger partial charge in [0.05, 0.1) is 5.52 Å². The highest BCUT2D eigenvalue weighted by Crippen LogP contribution is 2.17. The minimum absolute atomic E-state index is 0.171. The number of aryl methyl sites for hydroxylation is 1. The van der Waals surface area contributed by atoms with Gasteiger partial charge < -0.3 is 5.11 Å². The number of benzene rings is 1. The zero-order chi connectivity index (χ0) is 10.4. The Hall–Kier alpha value is -2.24. The van der Waals surface area contributed by atoms with Crippen LogP contribution >= 0.6 is 0 Å². The van der Waals surface area contributed by atoms with Crippen LogP contribution in [0.5, 0.6) is 5.75 Å². The fourth-order valence-electron chi connectivity index (χ4n) is 1.49. The van der Waals surface area contributed by atoms with Gasteiger partial charge in [-0.1, -0.05) is 0 Å². The number of phenols is 1. The van der Waals surface area contributed by atoms with E-state index < -0.39 is 0 Å². The Morgan fingerprint density at radius 2 is 2.13 bits per heavy atom. The van der Waals surface area contributed by atoms with Gasteiger partial charge >= 0.3 is 0 Å². The zero-order valence-corrected chi connectivity index (χ0v) is 7.92. The molecule has 6 heteroatoms. The number of aromatic hydroxyl groups is 1. The monoisotopic (exact) mass is 201 g/mol. The molecule has 2 aromatic heterocycles. The lowest BCUT2D eigenvalue weighted by Gasteiger charge is -1.98. The van der Waals surface area contributed by atoms with E-state index in [-0.39, 0.29) is 5.75 Å². The van der Waals surface area contributed by atoms with Crippen molar-refractivity contribution < 1.29 is 5.11 Å². The van der Waals surface area contributed by atoms with Crippen molar-refractivity contribution >= 4 is 16.8 Å². The third kappa shape index (κ3) is 1.11. The van der Waals surface area contributed by atoms with Crippen molar-refractivity contribution in [1.29, 1.82) is 0 Å². The van der Waals surface area contributed by atoms with Gasteiger partial charge in [-0.25, -0.2) is 0 Å². The first kappa shape index (κ1) is 8.10. The van der Waals surface area contributed by atoms with Crippen LogP contribution in [0.2, 0.25) is 0 Å². The van der Waals surface area contributed by atoms with Gasteiger partial charge in [0.1, 0.15) is 17.1 Å². The average Bonchev–Trinajstić information content (AvgIpc) is 2.58. The van der Waals surface area contributed by atoms with E-state index in [9.17, 15) is 5.11 Å². The zero-order valence-electron chi connectivity index (χ0n) is 7.92. The van der Waals surface area contributed by atoms with Crippen LogP contribution in [0.25, 0.3) is 16.8 Å². The number of phenolic OH excluding ortho intramolecular Hbond substituents is 1. The SMILES string of the molecule is Cc1nc2nnc3ccc(O)cc3n2n1. The molecule has 0 aliphatic rings. The third-order valence-corrected chi connectivity index (χ3v) is 2.13.